The molecule has 0 radical (unpaired) electrons. The number of hydrogen-bond donors (Lipinski definition) is 2. The number of rotatable bonds is 3. The normalized spacial score (nSPS) is 32.2. The van der Waals surface area contributed by atoms with Gasteiger partial charge in [0.1, 0.15) is 6.04 Å². The molecular formula is C22H32ClN3O2. The number of benzene rings is 1. The third kappa shape index (κ3) is 4.36. The SMILES string of the molecule is Cl.NC1CCC(NC(=O)C2CC3CCCCC3N2C(=O)c2ccccc2)CC1. The van der Waals surface area contributed by atoms with Gasteiger partial charge in [-0.25, -0.2) is 0 Å². The average Bonchev–Trinajstić information content (AvgIpc) is 3.09. The van der Waals surface area contributed by atoms with Crippen LogP contribution in [0, 0.1) is 5.92 Å². The zero-order chi connectivity index (χ0) is 18.8. The van der Waals surface area contributed by atoms with Crippen LogP contribution in [0.25, 0.3) is 0 Å². The van der Waals surface area contributed by atoms with Crippen LogP contribution in [0.15, 0.2) is 30.3 Å². The molecule has 1 aromatic rings. The second-order valence-electron chi connectivity index (χ2n) is 8.56. The highest BCUT2D eigenvalue weighted by molar-refractivity contribution is 5.98. The Morgan fingerprint density at radius 2 is 1.64 bits per heavy atom. The molecule has 0 aromatic heterocycles. The van der Waals surface area contributed by atoms with Crippen LogP contribution in [0.4, 0.5) is 0 Å². The summed E-state index contributed by atoms with van der Waals surface area (Å²) in [6, 6.07) is 9.76. The zero-order valence-corrected chi connectivity index (χ0v) is 17.2. The molecular weight excluding hydrogens is 374 g/mol. The first-order valence-corrected chi connectivity index (χ1v) is 10.6. The molecule has 3 atom stereocenters. The second kappa shape index (κ2) is 9.27. The van der Waals surface area contributed by atoms with Gasteiger partial charge in [0.05, 0.1) is 0 Å². The molecule has 3 N–H and O–H groups in total. The van der Waals surface area contributed by atoms with Gasteiger partial charge in [0.15, 0.2) is 0 Å². The summed E-state index contributed by atoms with van der Waals surface area (Å²) in [6.07, 6.45) is 9.13. The first kappa shape index (κ1) is 21.1. The van der Waals surface area contributed by atoms with E-state index in [9.17, 15) is 9.59 Å². The summed E-state index contributed by atoms with van der Waals surface area (Å²) in [4.78, 5) is 28.3. The van der Waals surface area contributed by atoms with Crippen LogP contribution < -0.4 is 11.1 Å². The third-order valence-electron chi connectivity index (χ3n) is 6.76. The van der Waals surface area contributed by atoms with E-state index in [0.717, 1.165) is 51.4 Å². The predicted molar refractivity (Wildman–Crippen MR) is 112 cm³/mol. The van der Waals surface area contributed by atoms with E-state index in [-0.39, 0.29) is 48.4 Å². The Kier molecular flexibility index (Phi) is 7.00. The number of likely N-dealkylation sites (tertiary alicyclic amines) is 1. The fraction of sp³-hybridized carbons (Fsp3) is 0.636. The second-order valence-corrected chi connectivity index (χ2v) is 8.56. The molecule has 4 rings (SSSR count). The fourth-order valence-corrected chi connectivity index (χ4v) is 5.28. The molecule has 3 fully saturated rings. The number of nitrogens with one attached hydrogen (secondary N) is 1. The molecule has 1 aliphatic heterocycles. The van der Waals surface area contributed by atoms with Crippen molar-refractivity contribution in [3.05, 3.63) is 35.9 Å². The van der Waals surface area contributed by atoms with Gasteiger partial charge in [-0.2, -0.15) is 0 Å². The minimum absolute atomic E-state index is 0. The van der Waals surface area contributed by atoms with E-state index in [1.165, 1.54) is 6.42 Å². The van der Waals surface area contributed by atoms with Crippen molar-refractivity contribution in [1.29, 1.82) is 0 Å². The number of halogens is 1. The molecule has 28 heavy (non-hydrogen) atoms. The molecule has 3 aliphatic rings. The van der Waals surface area contributed by atoms with Gasteiger partial charge in [-0.15, -0.1) is 12.4 Å². The summed E-state index contributed by atoms with van der Waals surface area (Å²) in [5.41, 5.74) is 6.68. The van der Waals surface area contributed by atoms with Gasteiger partial charge in [0, 0.05) is 23.7 Å². The maximum absolute atomic E-state index is 13.3. The highest BCUT2D eigenvalue weighted by Crippen LogP contribution is 2.40. The van der Waals surface area contributed by atoms with Gasteiger partial charge in [-0.1, -0.05) is 31.0 Å². The summed E-state index contributed by atoms with van der Waals surface area (Å²) in [5, 5.41) is 3.24. The number of nitrogens with two attached hydrogens (primary N) is 1. The van der Waals surface area contributed by atoms with E-state index >= 15 is 0 Å². The van der Waals surface area contributed by atoms with Crippen LogP contribution in [-0.4, -0.2) is 40.9 Å². The van der Waals surface area contributed by atoms with Crippen LogP contribution in [-0.2, 0) is 4.79 Å². The van der Waals surface area contributed by atoms with Crippen molar-refractivity contribution < 1.29 is 9.59 Å². The van der Waals surface area contributed by atoms with Crippen LogP contribution >= 0.6 is 12.4 Å². The van der Waals surface area contributed by atoms with Gasteiger partial charge in [-0.3, -0.25) is 9.59 Å². The third-order valence-corrected chi connectivity index (χ3v) is 6.76. The lowest BCUT2D eigenvalue weighted by Crippen LogP contribution is -2.52. The minimum Gasteiger partial charge on any atom is -0.352 e. The Labute approximate surface area is 173 Å². The number of amides is 2. The van der Waals surface area contributed by atoms with E-state index in [1.54, 1.807) is 0 Å². The Bertz CT molecular complexity index is 676. The van der Waals surface area contributed by atoms with Gasteiger partial charge < -0.3 is 16.0 Å². The minimum atomic E-state index is -0.332. The Morgan fingerprint density at radius 3 is 2.36 bits per heavy atom. The number of fused-ring (bicyclic) bond motifs is 1. The van der Waals surface area contributed by atoms with Crippen molar-refractivity contribution in [2.24, 2.45) is 11.7 Å². The average molecular weight is 406 g/mol. The summed E-state index contributed by atoms with van der Waals surface area (Å²) >= 11 is 0. The number of carbonyl (C=O) groups is 2. The lowest BCUT2D eigenvalue weighted by molar-refractivity contribution is -0.126. The van der Waals surface area contributed by atoms with Gasteiger partial charge in [-0.05, 0) is 63.0 Å². The number of carbonyl (C=O) groups excluding carboxylic acids is 2. The van der Waals surface area contributed by atoms with Crippen molar-refractivity contribution in [1.82, 2.24) is 10.2 Å². The molecule has 1 heterocycles. The van der Waals surface area contributed by atoms with E-state index in [1.807, 2.05) is 35.2 Å². The summed E-state index contributed by atoms with van der Waals surface area (Å²) in [6.45, 7) is 0. The standard InChI is InChI=1S/C22H31N3O2.ClH/c23-17-10-12-18(13-11-17)24-21(26)20-14-16-8-4-5-9-19(16)25(20)22(27)15-6-2-1-3-7-15;/h1-3,6-7,16-20H,4-5,8-14,23H2,(H,24,26);1H. The monoisotopic (exact) mass is 405 g/mol. The summed E-state index contributed by atoms with van der Waals surface area (Å²) in [5.74, 6) is 0.506. The lowest BCUT2D eigenvalue weighted by atomic mass is 9.84. The zero-order valence-electron chi connectivity index (χ0n) is 16.4. The van der Waals surface area contributed by atoms with Crippen molar-refractivity contribution in [3.63, 3.8) is 0 Å². The molecule has 5 nitrogen and oxygen atoms in total. The van der Waals surface area contributed by atoms with Crippen LogP contribution in [0.5, 0.6) is 0 Å². The van der Waals surface area contributed by atoms with Crippen LogP contribution in [0.2, 0.25) is 0 Å². The Morgan fingerprint density at radius 1 is 0.964 bits per heavy atom. The molecule has 154 valence electrons. The van der Waals surface area contributed by atoms with Crippen molar-refractivity contribution in [2.45, 2.75) is 82.0 Å². The highest BCUT2D eigenvalue weighted by Gasteiger charge is 2.47. The lowest BCUT2D eigenvalue weighted by Gasteiger charge is -2.34. The van der Waals surface area contributed by atoms with E-state index < -0.39 is 0 Å². The predicted octanol–water partition coefficient (Wildman–Crippen LogP) is 3.27. The largest absolute Gasteiger partial charge is 0.352 e. The molecule has 3 unspecified atom stereocenters. The van der Waals surface area contributed by atoms with E-state index in [2.05, 4.69) is 5.32 Å². The quantitative estimate of drug-likeness (QED) is 0.810. The van der Waals surface area contributed by atoms with Crippen molar-refractivity contribution >= 4 is 24.2 Å². The first-order valence-electron chi connectivity index (χ1n) is 10.6. The van der Waals surface area contributed by atoms with Crippen LogP contribution in [0.3, 0.4) is 0 Å². The smallest absolute Gasteiger partial charge is 0.254 e. The number of nitrogens with zero attached hydrogens (tertiary/aromatic N) is 1. The highest BCUT2D eigenvalue weighted by atomic mass is 35.5. The molecule has 0 bridgehead atoms. The topological polar surface area (TPSA) is 75.4 Å². The first-order chi connectivity index (χ1) is 13.1. The fourth-order valence-electron chi connectivity index (χ4n) is 5.28. The molecule has 1 saturated heterocycles. The molecule has 6 heteroatoms. The molecule has 2 aliphatic carbocycles. The maximum Gasteiger partial charge on any atom is 0.254 e. The van der Waals surface area contributed by atoms with Crippen molar-refractivity contribution in [2.75, 3.05) is 0 Å². The summed E-state index contributed by atoms with van der Waals surface area (Å²) in [7, 11) is 0. The number of hydrogen-bond acceptors (Lipinski definition) is 3. The Hall–Kier alpha value is -1.59. The summed E-state index contributed by atoms with van der Waals surface area (Å²) < 4.78 is 0. The van der Waals surface area contributed by atoms with Crippen LogP contribution in [0.1, 0.15) is 68.1 Å². The van der Waals surface area contributed by atoms with E-state index in [0.29, 0.717) is 11.5 Å². The van der Waals surface area contributed by atoms with Gasteiger partial charge >= 0.3 is 0 Å². The van der Waals surface area contributed by atoms with Gasteiger partial charge in [0.2, 0.25) is 5.91 Å². The van der Waals surface area contributed by atoms with Crippen molar-refractivity contribution in [3.8, 4) is 0 Å². The Balaban J connectivity index is 0.00000225. The maximum atomic E-state index is 13.3. The molecule has 2 amide bonds. The van der Waals surface area contributed by atoms with E-state index in [4.69, 9.17) is 5.73 Å². The molecule has 2 saturated carbocycles. The van der Waals surface area contributed by atoms with Gasteiger partial charge in [0.25, 0.3) is 5.91 Å². The molecule has 1 aromatic carbocycles. The molecule has 0 spiro atoms.